The Balaban J connectivity index is 2.11. The SMILES string of the molecule is COC(C[C@H](NB1CO1)C(=O)N[C@H](C(=O)N1C[C@H](O[Si](C)(C)C(C)(C)C)C[C@H]1C(=O)N[C@H](C(=O)N[C@@H](C(C)O[Si](C)(C)C(C)(C)C)C(O)N1C[C@H](C)[C@H](O[Si](C)(C)C(C)(C)C)[C@H]1C(=O)NN)[C@@H](Cc1ccc(O[Si](C)(C)C(C)(C)C)cc1)O[Si](C)(C)C(C)(C)C)C(C)O[Si](C)(C)C(C)(C)C)OC. The molecule has 1 aromatic rings. The van der Waals surface area contributed by atoms with Crippen molar-refractivity contribution in [3.05, 3.63) is 29.8 Å². The van der Waals surface area contributed by atoms with Gasteiger partial charge >= 0.3 is 7.05 Å². The molecule has 588 valence electrons. The van der Waals surface area contributed by atoms with Crippen molar-refractivity contribution in [3.63, 3.8) is 0 Å². The zero-order valence-electron chi connectivity index (χ0n) is 69.8. The Labute approximate surface area is 623 Å². The number of nitrogens with two attached hydrogens (primary N) is 1. The number of carbonyl (C=O) groups excluding carboxylic acids is 5. The van der Waals surface area contributed by atoms with Crippen molar-refractivity contribution in [1.82, 2.24) is 36.4 Å². The Bertz CT molecular complexity index is 2960. The van der Waals surface area contributed by atoms with Crippen LogP contribution in [0.15, 0.2) is 24.3 Å². The van der Waals surface area contributed by atoms with Gasteiger partial charge in [-0.15, -0.1) is 0 Å². The molecule has 13 atom stereocenters. The molecule has 0 aromatic heterocycles. The molecular weight excluding hydrogens is 1400 g/mol. The summed E-state index contributed by atoms with van der Waals surface area (Å²) in [7, 11) is -13.3. The highest BCUT2D eigenvalue weighted by Crippen LogP contribution is 2.45. The summed E-state index contributed by atoms with van der Waals surface area (Å²) < 4.78 is 59.6. The highest BCUT2D eigenvalue weighted by molar-refractivity contribution is 6.76. The minimum Gasteiger partial charge on any atom is -0.544 e. The number of hydrazine groups is 1. The summed E-state index contributed by atoms with van der Waals surface area (Å²) in [5, 5.41) is 24.7. The van der Waals surface area contributed by atoms with Gasteiger partial charge in [0.15, 0.2) is 47.9 Å². The Morgan fingerprint density at radius 3 is 1.52 bits per heavy atom. The fraction of sp³-hybridized carbons (Fsp3) is 0.847. The molecule has 3 fully saturated rings. The van der Waals surface area contributed by atoms with E-state index in [-0.39, 0.29) is 63.5 Å². The van der Waals surface area contributed by atoms with Crippen LogP contribution < -0.4 is 36.9 Å². The molecule has 8 N–H and O–H groups in total. The monoisotopic (exact) mass is 1540 g/mol. The number of amides is 5. The van der Waals surface area contributed by atoms with E-state index in [1.807, 2.05) is 38.1 Å². The summed E-state index contributed by atoms with van der Waals surface area (Å²) in [5.41, 5.74) is 3.16. The normalized spacial score (nSPS) is 22.2. The van der Waals surface area contributed by atoms with Crippen molar-refractivity contribution in [2.75, 3.05) is 33.8 Å². The van der Waals surface area contributed by atoms with E-state index >= 15 is 19.2 Å². The Kier molecular flexibility index (Phi) is 30.6. The lowest BCUT2D eigenvalue weighted by Crippen LogP contribution is -2.67. The molecule has 3 saturated heterocycles. The first-order valence-corrected chi connectivity index (χ1v) is 54.6. The molecule has 3 heterocycles. The van der Waals surface area contributed by atoms with Crippen molar-refractivity contribution >= 4 is 86.5 Å². The fourth-order valence-corrected chi connectivity index (χ4v) is 19.3. The minimum absolute atomic E-state index is 0.0289. The molecule has 3 unspecified atom stereocenters. The molecule has 0 saturated carbocycles. The second-order valence-electron chi connectivity index (χ2n) is 38.6. The molecule has 0 bridgehead atoms. The van der Waals surface area contributed by atoms with Crippen LogP contribution in [0.5, 0.6) is 5.75 Å². The predicted molar refractivity (Wildman–Crippen MR) is 425 cm³/mol. The molecule has 5 amide bonds. The van der Waals surface area contributed by atoms with E-state index < -0.39 is 171 Å². The van der Waals surface area contributed by atoms with Crippen molar-refractivity contribution in [2.45, 2.75) is 353 Å². The maximum absolute atomic E-state index is 16.7. The molecular formula is C72H143BN8O15Si6. The largest absolute Gasteiger partial charge is 0.544 e. The van der Waals surface area contributed by atoms with E-state index in [4.69, 9.17) is 46.5 Å². The number of hydrogen-bond donors (Lipinski definition) is 7. The Morgan fingerprint density at radius 2 is 1.07 bits per heavy atom. The number of methoxy groups -OCH3 is 2. The summed E-state index contributed by atoms with van der Waals surface area (Å²) >= 11 is 0. The smallest absolute Gasteiger partial charge is 0.405 e. The second kappa shape index (κ2) is 34.0. The van der Waals surface area contributed by atoms with E-state index in [9.17, 15) is 9.90 Å². The van der Waals surface area contributed by atoms with E-state index in [0.717, 1.165) is 5.56 Å². The number of ether oxygens (including phenoxy) is 2. The number of hydrogen-bond acceptors (Lipinski definition) is 18. The lowest BCUT2D eigenvalue weighted by atomic mass is 9.93. The number of aliphatic hydroxyl groups excluding tert-OH is 1. The lowest BCUT2D eigenvalue weighted by molar-refractivity contribution is -0.146. The van der Waals surface area contributed by atoms with Crippen molar-refractivity contribution < 1.29 is 69.8 Å². The van der Waals surface area contributed by atoms with Crippen LogP contribution in [0.4, 0.5) is 0 Å². The number of nitrogens with one attached hydrogen (secondary N) is 5. The number of benzene rings is 1. The van der Waals surface area contributed by atoms with Gasteiger partial charge in [0.05, 0.1) is 49.1 Å². The maximum Gasteiger partial charge on any atom is 0.405 e. The van der Waals surface area contributed by atoms with Gasteiger partial charge in [0.2, 0.25) is 31.9 Å². The van der Waals surface area contributed by atoms with Gasteiger partial charge in [-0.25, -0.2) is 5.84 Å². The zero-order chi connectivity index (χ0) is 78.8. The van der Waals surface area contributed by atoms with Crippen LogP contribution in [0.3, 0.4) is 0 Å². The highest BCUT2D eigenvalue weighted by atomic mass is 28.4. The van der Waals surface area contributed by atoms with Gasteiger partial charge in [0, 0.05) is 40.2 Å². The molecule has 1 aromatic carbocycles. The lowest BCUT2D eigenvalue weighted by Gasteiger charge is -2.45. The van der Waals surface area contributed by atoms with Crippen LogP contribution in [0.2, 0.25) is 109 Å². The van der Waals surface area contributed by atoms with Crippen LogP contribution in [-0.4, -0.2) is 215 Å². The molecule has 23 nitrogen and oxygen atoms in total. The van der Waals surface area contributed by atoms with Crippen LogP contribution >= 0.6 is 0 Å². The molecule has 0 aliphatic carbocycles. The molecule has 3 aliphatic heterocycles. The number of carbonyl (C=O) groups is 5. The molecule has 30 heteroatoms. The van der Waals surface area contributed by atoms with Gasteiger partial charge < -0.3 is 71.9 Å². The van der Waals surface area contributed by atoms with E-state index in [1.165, 1.54) is 19.1 Å². The first kappa shape index (κ1) is 91.6. The third kappa shape index (κ3) is 23.4. The average Bonchev–Trinajstić information content (AvgIpc) is 1.57. The minimum atomic E-state index is -2.96. The van der Waals surface area contributed by atoms with Crippen LogP contribution in [-0.2, 0) is 66.7 Å². The first-order chi connectivity index (χ1) is 45.9. The van der Waals surface area contributed by atoms with Gasteiger partial charge in [-0.1, -0.05) is 144 Å². The highest BCUT2D eigenvalue weighted by Gasteiger charge is 2.56. The number of rotatable bonds is 33. The van der Waals surface area contributed by atoms with Gasteiger partial charge in [-0.05, 0) is 153 Å². The summed E-state index contributed by atoms with van der Waals surface area (Å²) in [6.07, 6.45) is -6.48. The average molecular weight is 1540 g/mol. The maximum atomic E-state index is 16.7. The second-order valence-corrected chi connectivity index (χ2v) is 67.1. The van der Waals surface area contributed by atoms with Gasteiger partial charge in [0.25, 0.3) is 5.91 Å². The molecule has 0 radical (unpaired) electrons. The van der Waals surface area contributed by atoms with Gasteiger partial charge in [-0.2, -0.15) is 0 Å². The quantitative estimate of drug-likeness (QED) is 0.00860. The molecule has 102 heavy (non-hydrogen) atoms. The molecule has 3 aliphatic rings. The van der Waals surface area contributed by atoms with E-state index in [1.54, 1.807) is 11.8 Å². The van der Waals surface area contributed by atoms with Crippen molar-refractivity contribution in [3.8, 4) is 5.75 Å². The Hall–Kier alpha value is -2.74. The third-order valence-electron chi connectivity index (χ3n) is 24.3. The standard InChI is InChI=1S/C72H143BN8O15Si6/c1-46-43-81(59(64(85)79-74)60(46)96-102(34,35)72(19,20)21)66(87)57(48(3)92-98(26,27)68(7,8)9)76-63(84)58(54(95-101(32,33)71(16,17)18)40-49-36-38-50(39-37-49)93-99(28,29)69(10,11)12)77-62(83)53-41-51(94-100(30,31)70(13,14)15)44-80(53)65(86)56(47(2)91-97(24,25)67(4,5)6)75-61(82)52(78-73-45-90-73)42-55(88-22)89-23/h36-39,46-48,51-60,66,78,87H,40-45,74H2,1-35H3,(H,75,82)(H,76,84)(H,77,83)(H,79,85)/t46-,47?,48?,51+,52-,53-,54+,56-,57-,58-,59-,60-,66?/m0/s1. The number of likely N-dealkylation sites (tertiary alicyclic amines) is 2. The van der Waals surface area contributed by atoms with Crippen LogP contribution in [0.25, 0.3) is 0 Å². The fourth-order valence-electron chi connectivity index (χ4n) is 11.3. The topological polar surface area (TPSA) is 285 Å². The van der Waals surface area contributed by atoms with E-state index in [2.05, 4.69) is 230 Å². The summed E-state index contributed by atoms with van der Waals surface area (Å²) in [6.45, 7) is 69.8. The molecule has 4 rings (SSSR count). The van der Waals surface area contributed by atoms with Crippen LogP contribution in [0.1, 0.15) is 164 Å². The summed E-state index contributed by atoms with van der Waals surface area (Å²) in [6, 6.07) is 0.303. The molecule has 0 spiro atoms. The Morgan fingerprint density at radius 1 is 0.608 bits per heavy atom. The number of nitrogens with zero attached hydrogens (tertiary/aromatic N) is 2. The number of aliphatic hydroxyl groups is 1. The van der Waals surface area contributed by atoms with E-state index in [0.29, 0.717) is 12.3 Å². The van der Waals surface area contributed by atoms with Crippen LogP contribution in [0, 0.1) is 5.92 Å². The summed E-state index contributed by atoms with van der Waals surface area (Å²) in [4.78, 5) is 82.2. The van der Waals surface area contributed by atoms with Crippen molar-refractivity contribution in [2.24, 2.45) is 11.8 Å². The van der Waals surface area contributed by atoms with Gasteiger partial charge in [0.1, 0.15) is 36.1 Å². The van der Waals surface area contributed by atoms with Crippen molar-refractivity contribution in [1.29, 1.82) is 0 Å². The zero-order valence-corrected chi connectivity index (χ0v) is 75.8. The summed E-state index contributed by atoms with van der Waals surface area (Å²) in [5.74, 6) is 3.39. The van der Waals surface area contributed by atoms with Gasteiger partial charge in [-0.3, -0.25) is 34.3 Å². The predicted octanol–water partition coefficient (Wildman–Crippen LogP) is 11.3. The first-order valence-electron chi connectivity index (χ1n) is 37.2. The third-order valence-corrected chi connectivity index (χ3v) is 51.3.